The standard InChI is InChI=1S/C13H27N7/c1-13(2,3)17-8-7-15-12(14-4)19(5)9-11-16-10-18-20(11)6/h10,17H,7-9H2,1-6H3,(H,14,15). The van der Waals surface area contributed by atoms with Crippen LogP contribution in [0.15, 0.2) is 11.3 Å². The number of aryl methyl sites for hydroxylation is 1. The Morgan fingerprint density at radius 3 is 2.60 bits per heavy atom. The summed E-state index contributed by atoms with van der Waals surface area (Å²) in [5, 5.41) is 10.8. The smallest absolute Gasteiger partial charge is 0.193 e. The molecule has 2 N–H and O–H groups in total. The van der Waals surface area contributed by atoms with E-state index in [0.717, 1.165) is 24.9 Å². The molecule has 1 heterocycles. The zero-order chi connectivity index (χ0) is 15.2. The van der Waals surface area contributed by atoms with E-state index in [-0.39, 0.29) is 5.54 Å². The van der Waals surface area contributed by atoms with Crippen molar-refractivity contribution in [2.75, 3.05) is 27.2 Å². The third kappa shape index (κ3) is 5.56. The third-order valence-electron chi connectivity index (χ3n) is 2.82. The minimum atomic E-state index is 0.135. The lowest BCUT2D eigenvalue weighted by atomic mass is 10.1. The van der Waals surface area contributed by atoms with Crippen molar-refractivity contribution < 1.29 is 0 Å². The molecule has 7 heteroatoms. The van der Waals surface area contributed by atoms with Gasteiger partial charge in [0.2, 0.25) is 0 Å². The van der Waals surface area contributed by atoms with E-state index >= 15 is 0 Å². The molecular weight excluding hydrogens is 254 g/mol. The van der Waals surface area contributed by atoms with E-state index in [4.69, 9.17) is 0 Å². The highest BCUT2D eigenvalue weighted by Gasteiger charge is 2.11. The summed E-state index contributed by atoms with van der Waals surface area (Å²) < 4.78 is 1.77. The number of nitrogens with zero attached hydrogens (tertiary/aromatic N) is 5. The van der Waals surface area contributed by atoms with Gasteiger partial charge in [-0.1, -0.05) is 0 Å². The maximum Gasteiger partial charge on any atom is 0.193 e. The fraction of sp³-hybridized carbons (Fsp3) is 0.769. The van der Waals surface area contributed by atoms with Gasteiger partial charge in [0.1, 0.15) is 12.2 Å². The van der Waals surface area contributed by atoms with Gasteiger partial charge < -0.3 is 15.5 Å². The molecule has 1 aromatic rings. The largest absolute Gasteiger partial charge is 0.355 e. The Bertz CT molecular complexity index is 430. The van der Waals surface area contributed by atoms with Crippen LogP contribution in [0.2, 0.25) is 0 Å². The summed E-state index contributed by atoms with van der Waals surface area (Å²) in [7, 11) is 5.66. The molecule has 0 aliphatic heterocycles. The number of aliphatic imine (C=N–C) groups is 1. The Morgan fingerprint density at radius 1 is 1.40 bits per heavy atom. The van der Waals surface area contributed by atoms with Crippen molar-refractivity contribution in [2.24, 2.45) is 12.0 Å². The quantitative estimate of drug-likeness (QED) is 0.459. The SMILES string of the molecule is CN=C(NCCNC(C)(C)C)N(C)Cc1ncnn1C. The second-order valence-electron chi connectivity index (χ2n) is 5.81. The summed E-state index contributed by atoms with van der Waals surface area (Å²) in [4.78, 5) is 10.5. The monoisotopic (exact) mass is 281 g/mol. The molecule has 0 amide bonds. The normalized spacial score (nSPS) is 12.6. The first-order chi connectivity index (χ1) is 9.33. The number of hydrogen-bond acceptors (Lipinski definition) is 4. The molecule has 114 valence electrons. The van der Waals surface area contributed by atoms with Crippen LogP contribution in [0.4, 0.5) is 0 Å². The number of hydrogen-bond donors (Lipinski definition) is 2. The van der Waals surface area contributed by atoms with Crippen molar-refractivity contribution in [1.29, 1.82) is 0 Å². The predicted molar refractivity (Wildman–Crippen MR) is 81.6 cm³/mol. The molecule has 1 rings (SSSR count). The van der Waals surface area contributed by atoms with Gasteiger partial charge in [0.05, 0.1) is 6.54 Å². The highest BCUT2D eigenvalue weighted by molar-refractivity contribution is 5.79. The summed E-state index contributed by atoms with van der Waals surface area (Å²) in [5.74, 6) is 1.76. The summed E-state index contributed by atoms with van der Waals surface area (Å²) >= 11 is 0. The summed E-state index contributed by atoms with van der Waals surface area (Å²) in [5.41, 5.74) is 0.135. The molecule has 0 fully saturated rings. The van der Waals surface area contributed by atoms with Crippen LogP contribution in [0.25, 0.3) is 0 Å². The molecule has 0 aromatic carbocycles. The molecule has 0 aliphatic carbocycles. The van der Waals surface area contributed by atoms with Crippen molar-refractivity contribution in [3.8, 4) is 0 Å². The number of nitrogens with one attached hydrogen (secondary N) is 2. The Hall–Kier alpha value is -1.63. The van der Waals surface area contributed by atoms with Crippen LogP contribution >= 0.6 is 0 Å². The molecule has 1 aromatic heterocycles. The van der Waals surface area contributed by atoms with Gasteiger partial charge in [-0.05, 0) is 20.8 Å². The minimum Gasteiger partial charge on any atom is -0.355 e. The predicted octanol–water partition coefficient (Wildman–Crippen LogP) is 0.210. The second kappa shape index (κ2) is 7.23. The van der Waals surface area contributed by atoms with Gasteiger partial charge in [-0.15, -0.1) is 0 Å². The van der Waals surface area contributed by atoms with Crippen LogP contribution in [0, 0.1) is 0 Å². The van der Waals surface area contributed by atoms with E-state index in [1.165, 1.54) is 0 Å². The number of rotatable bonds is 5. The third-order valence-corrected chi connectivity index (χ3v) is 2.82. The molecule has 0 unspecified atom stereocenters. The van der Waals surface area contributed by atoms with E-state index in [1.54, 1.807) is 18.1 Å². The minimum absolute atomic E-state index is 0.135. The van der Waals surface area contributed by atoms with E-state index in [1.807, 2.05) is 19.0 Å². The fourth-order valence-electron chi connectivity index (χ4n) is 1.75. The molecule has 0 atom stereocenters. The molecule has 0 saturated carbocycles. The van der Waals surface area contributed by atoms with Gasteiger partial charge in [0, 0.05) is 39.8 Å². The van der Waals surface area contributed by atoms with E-state index in [2.05, 4.69) is 46.5 Å². The maximum absolute atomic E-state index is 4.28. The Labute approximate surface area is 121 Å². The molecule has 0 aliphatic rings. The van der Waals surface area contributed by atoms with Crippen LogP contribution in [-0.2, 0) is 13.6 Å². The van der Waals surface area contributed by atoms with Crippen LogP contribution < -0.4 is 10.6 Å². The molecule has 0 saturated heterocycles. The molecule has 20 heavy (non-hydrogen) atoms. The number of guanidine groups is 1. The summed E-state index contributed by atoms with van der Waals surface area (Å²) in [6, 6.07) is 0. The lowest BCUT2D eigenvalue weighted by molar-refractivity contribution is 0.418. The Morgan fingerprint density at radius 2 is 2.10 bits per heavy atom. The van der Waals surface area contributed by atoms with Gasteiger partial charge in [-0.2, -0.15) is 5.10 Å². The Kier molecular flexibility index (Phi) is 5.94. The zero-order valence-corrected chi connectivity index (χ0v) is 13.4. The first kappa shape index (κ1) is 16.4. The molecule has 0 spiro atoms. The summed E-state index contributed by atoms with van der Waals surface area (Å²) in [6.07, 6.45) is 1.56. The molecule has 7 nitrogen and oxygen atoms in total. The van der Waals surface area contributed by atoms with Crippen molar-refractivity contribution in [3.05, 3.63) is 12.2 Å². The van der Waals surface area contributed by atoms with E-state index in [0.29, 0.717) is 6.54 Å². The van der Waals surface area contributed by atoms with Gasteiger partial charge in [0.15, 0.2) is 5.96 Å². The second-order valence-corrected chi connectivity index (χ2v) is 5.81. The first-order valence-corrected chi connectivity index (χ1v) is 6.83. The highest BCUT2D eigenvalue weighted by atomic mass is 15.4. The lowest BCUT2D eigenvalue weighted by Crippen LogP contribution is -2.45. The van der Waals surface area contributed by atoms with Crippen LogP contribution in [0.3, 0.4) is 0 Å². The van der Waals surface area contributed by atoms with E-state index in [9.17, 15) is 0 Å². The first-order valence-electron chi connectivity index (χ1n) is 6.83. The van der Waals surface area contributed by atoms with Crippen molar-refractivity contribution in [2.45, 2.75) is 32.9 Å². The van der Waals surface area contributed by atoms with E-state index < -0.39 is 0 Å². The van der Waals surface area contributed by atoms with Gasteiger partial charge >= 0.3 is 0 Å². The fourth-order valence-corrected chi connectivity index (χ4v) is 1.75. The molecule has 0 radical (unpaired) electrons. The average molecular weight is 281 g/mol. The maximum atomic E-state index is 4.28. The molecular formula is C13H27N7. The summed E-state index contributed by atoms with van der Waals surface area (Å²) in [6.45, 7) is 8.85. The van der Waals surface area contributed by atoms with Gasteiger partial charge in [0.25, 0.3) is 0 Å². The topological polar surface area (TPSA) is 70.4 Å². The van der Waals surface area contributed by atoms with Gasteiger partial charge in [-0.3, -0.25) is 9.67 Å². The Balaban J connectivity index is 2.40. The lowest BCUT2D eigenvalue weighted by Gasteiger charge is -2.24. The molecule has 0 bridgehead atoms. The van der Waals surface area contributed by atoms with Crippen molar-refractivity contribution in [1.82, 2.24) is 30.3 Å². The zero-order valence-electron chi connectivity index (χ0n) is 13.4. The average Bonchev–Trinajstić information content (AvgIpc) is 2.73. The number of aromatic nitrogens is 3. The van der Waals surface area contributed by atoms with Crippen molar-refractivity contribution >= 4 is 5.96 Å². The van der Waals surface area contributed by atoms with Crippen LogP contribution in [0.5, 0.6) is 0 Å². The van der Waals surface area contributed by atoms with Crippen LogP contribution in [0.1, 0.15) is 26.6 Å². The van der Waals surface area contributed by atoms with Gasteiger partial charge in [-0.25, -0.2) is 4.98 Å². The van der Waals surface area contributed by atoms with Crippen molar-refractivity contribution in [3.63, 3.8) is 0 Å². The van der Waals surface area contributed by atoms with Crippen LogP contribution in [-0.4, -0.2) is 58.3 Å². The highest BCUT2D eigenvalue weighted by Crippen LogP contribution is 1.98.